The molecule has 1 amide bonds. The summed E-state index contributed by atoms with van der Waals surface area (Å²) in [4.78, 5) is 29.5. The van der Waals surface area contributed by atoms with Gasteiger partial charge in [-0.05, 0) is 6.07 Å². The number of amides is 1. The van der Waals surface area contributed by atoms with Gasteiger partial charge in [0.25, 0.3) is 0 Å². The van der Waals surface area contributed by atoms with Crippen molar-refractivity contribution >= 4 is 11.7 Å². The lowest BCUT2D eigenvalue weighted by atomic mass is 10.2. The summed E-state index contributed by atoms with van der Waals surface area (Å²) in [5.41, 5.74) is -0.376. The largest absolute Gasteiger partial charge is 0.349 e. The highest BCUT2D eigenvalue weighted by Gasteiger charge is 2.09. The quantitative estimate of drug-likeness (QED) is 0.702. The molecule has 1 aromatic rings. The van der Waals surface area contributed by atoms with Gasteiger partial charge in [0, 0.05) is 38.3 Å². The van der Waals surface area contributed by atoms with E-state index in [1.165, 1.54) is 4.57 Å². The molecule has 1 aromatic heterocycles. The van der Waals surface area contributed by atoms with E-state index in [0.717, 1.165) is 13.1 Å². The van der Waals surface area contributed by atoms with Crippen LogP contribution in [0.1, 0.15) is 13.8 Å². The Hall–Kier alpha value is -2.21. The molecule has 22 heavy (non-hydrogen) atoms. The highest BCUT2D eigenvalue weighted by atomic mass is 16.2. The minimum absolute atomic E-state index is 0.157. The van der Waals surface area contributed by atoms with Crippen LogP contribution in [0.15, 0.2) is 42.4 Å². The van der Waals surface area contributed by atoms with Gasteiger partial charge in [-0.2, -0.15) is 4.98 Å². The number of carbonyl (C=O) groups is 1. The van der Waals surface area contributed by atoms with Gasteiger partial charge in [-0.25, -0.2) is 4.79 Å². The molecule has 0 unspecified atom stereocenters. The van der Waals surface area contributed by atoms with Gasteiger partial charge in [-0.1, -0.05) is 26.0 Å². The summed E-state index contributed by atoms with van der Waals surface area (Å²) in [6.45, 7) is 13.7. The monoisotopic (exact) mass is 304 g/mol. The van der Waals surface area contributed by atoms with Crippen molar-refractivity contribution in [2.45, 2.75) is 20.4 Å². The number of hydrogen-bond acceptors (Lipinski definition) is 4. The molecule has 0 aliphatic carbocycles. The van der Waals surface area contributed by atoms with E-state index in [9.17, 15) is 9.59 Å². The van der Waals surface area contributed by atoms with Crippen LogP contribution in [-0.2, 0) is 11.3 Å². The molecule has 1 N–H and O–H groups in total. The molecule has 0 saturated heterocycles. The number of hydrogen-bond donors (Lipinski definition) is 1. The van der Waals surface area contributed by atoms with E-state index in [0.29, 0.717) is 13.1 Å². The molecule has 1 rings (SSSR count). The first-order valence-electron chi connectivity index (χ1n) is 7.30. The molecule has 0 aliphatic heterocycles. The van der Waals surface area contributed by atoms with Gasteiger partial charge in [-0.15, -0.1) is 13.2 Å². The first kappa shape index (κ1) is 17.8. The van der Waals surface area contributed by atoms with Crippen LogP contribution in [0.3, 0.4) is 0 Å². The normalized spacial score (nSPS) is 10.7. The summed E-state index contributed by atoms with van der Waals surface area (Å²) in [5.74, 6) is -0.0302. The Balaban J connectivity index is 2.69. The Kier molecular flexibility index (Phi) is 7.25. The van der Waals surface area contributed by atoms with Gasteiger partial charge in [0.1, 0.15) is 5.82 Å². The van der Waals surface area contributed by atoms with Crippen molar-refractivity contribution in [3.63, 3.8) is 0 Å². The predicted molar refractivity (Wildman–Crippen MR) is 88.8 cm³/mol. The smallest absolute Gasteiger partial charge is 0.310 e. The van der Waals surface area contributed by atoms with Crippen LogP contribution in [0, 0.1) is 5.92 Å². The minimum atomic E-state index is -0.376. The molecule has 0 aromatic carbocycles. The molecule has 0 saturated carbocycles. The maximum absolute atomic E-state index is 12.0. The molecule has 0 bridgehead atoms. The second-order valence-electron chi connectivity index (χ2n) is 5.27. The molecule has 0 spiro atoms. The Labute approximate surface area is 131 Å². The third kappa shape index (κ3) is 5.65. The predicted octanol–water partition coefficient (Wildman–Crippen LogP) is 1.51. The summed E-state index contributed by atoms with van der Waals surface area (Å²) in [6.07, 6.45) is 5.27. The van der Waals surface area contributed by atoms with E-state index in [4.69, 9.17) is 0 Å². The molecule has 0 aliphatic rings. The molecule has 1 heterocycles. The second-order valence-corrected chi connectivity index (χ2v) is 5.27. The standard InChI is InChI=1S/C16H24N4O2/c1-5-8-19(9-6-2)11-12-20-10-7-14(18-16(20)22)17-15(21)13(3)4/h5-7,10,13H,1-2,8-9,11-12H2,3-4H3,(H,17,18,21,22). The summed E-state index contributed by atoms with van der Waals surface area (Å²) in [5, 5.41) is 2.61. The van der Waals surface area contributed by atoms with Crippen LogP contribution < -0.4 is 11.0 Å². The lowest BCUT2D eigenvalue weighted by Gasteiger charge is -2.19. The fourth-order valence-corrected chi connectivity index (χ4v) is 1.81. The van der Waals surface area contributed by atoms with Gasteiger partial charge in [0.2, 0.25) is 5.91 Å². The first-order valence-corrected chi connectivity index (χ1v) is 7.30. The Bertz CT molecular complexity index is 568. The maximum Gasteiger partial charge on any atom is 0.349 e. The zero-order valence-electron chi connectivity index (χ0n) is 13.3. The van der Waals surface area contributed by atoms with Crippen molar-refractivity contribution < 1.29 is 4.79 Å². The first-order chi connectivity index (χ1) is 10.5. The zero-order chi connectivity index (χ0) is 16.5. The number of nitrogens with one attached hydrogen (secondary N) is 1. The average molecular weight is 304 g/mol. The SMILES string of the molecule is C=CCN(CC=C)CCn1ccc(NC(=O)C(C)C)nc1=O. The van der Waals surface area contributed by atoms with Crippen LogP contribution in [-0.4, -0.2) is 40.0 Å². The number of rotatable bonds is 9. The van der Waals surface area contributed by atoms with E-state index >= 15 is 0 Å². The Morgan fingerprint density at radius 1 is 1.41 bits per heavy atom. The van der Waals surface area contributed by atoms with E-state index < -0.39 is 0 Å². The molecule has 0 fully saturated rings. The number of nitrogens with zero attached hydrogens (tertiary/aromatic N) is 3. The van der Waals surface area contributed by atoms with Gasteiger partial charge in [-0.3, -0.25) is 14.3 Å². The molecule has 6 heteroatoms. The van der Waals surface area contributed by atoms with Crippen molar-refractivity contribution in [1.29, 1.82) is 0 Å². The highest BCUT2D eigenvalue weighted by Crippen LogP contribution is 2.02. The summed E-state index contributed by atoms with van der Waals surface area (Å²) in [6, 6.07) is 1.63. The van der Waals surface area contributed by atoms with E-state index in [2.05, 4.69) is 28.4 Å². The van der Waals surface area contributed by atoms with Crippen LogP contribution >= 0.6 is 0 Å². The van der Waals surface area contributed by atoms with E-state index in [1.54, 1.807) is 26.1 Å². The van der Waals surface area contributed by atoms with Crippen molar-refractivity contribution in [3.8, 4) is 0 Å². The topological polar surface area (TPSA) is 67.2 Å². The fraction of sp³-hybridized carbons (Fsp3) is 0.438. The third-order valence-corrected chi connectivity index (χ3v) is 3.08. The van der Waals surface area contributed by atoms with Crippen molar-refractivity contribution in [3.05, 3.63) is 48.1 Å². The third-order valence-electron chi connectivity index (χ3n) is 3.08. The minimum Gasteiger partial charge on any atom is -0.310 e. The Morgan fingerprint density at radius 3 is 2.55 bits per heavy atom. The van der Waals surface area contributed by atoms with Gasteiger partial charge < -0.3 is 5.32 Å². The summed E-state index contributed by atoms with van der Waals surface area (Å²) < 4.78 is 1.52. The highest BCUT2D eigenvalue weighted by molar-refractivity contribution is 5.90. The van der Waals surface area contributed by atoms with E-state index in [-0.39, 0.29) is 23.3 Å². The lowest BCUT2D eigenvalue weighted by Crippen LogP contribution is -2.32. The second kappa shape index (κ2) is 8.94. The average Bonchev–Trinajstić information content (AvgIpc) is 2.46. The molecular weight excluding hydrogens is 280 g/mol. The number of aromatic nitrogens is 2. The Morgan fingerprint density at radius 2 is 2.05 bits per heavy atom. The molecule has 0 radical (unpaired) electrons. The van der Waals surface area contributed by atoms with Crippen LogP contribution in [0.5, 0.6) is 0 Å². The van der Waals surface area contributed by atoms with Crippen LogP contribution in [0.2, 0.25) is 0 Å². The van der Waals surface area contributed by atoms with Gasteiger partial charge in [0.15, 0.2) is 0 Å². The van der Waals surface area contributed by atoms with Crippen LogP contribution in [0.4, 0.5) is 5.82 Å². The molecule has 0 atom stereocenters. The zero-order valence-corrected chi connectivity index (χ0v) is 13.3. The van der Waals surface area contributed by atoms with Gasteiger partial charge >= 0.3 is 5.69 Å². The molecular formula is C16H24N4O2. The summed E-state index contributed by atoms with van der Waals surface area (Å²) >= 11 is 0. The van der Waals surface area contributed by atoms with Crippen molar-refractivity contribution in [2.75, 3.05) is 25.0 Å². The lowest BCUT2D eigenvalue weighted by molar-refractivity contribution is -0.118. The molecule has 120 valence electrons. The van der Waals surface area contributed by atoms with Gasteiger partial charge in [0.05, 0.1) is 0 Å². The fourth-order valence-electron chi connectivity index (χ4n) is 1.81. The maximum atomic E-state index is 12.0. The van der Waals surface area contributed by atoms with Crippen molar-refractivity contribution in [1.82, 2.24) is 14.5 Å². The van der Waals surface area contributed by atoms with E-state index in [1.807, 2.05) is 12.2 Å². The number of carbonyl (C=O) groups excluding carboxylic acids is 1. The molecule has 6 nitrogen and oxygen atoms in total. The number of anilines is 1. The van der Waals surface area contributed by atoms with Crippen molar-refractivity contribution in [2.24, 2.45) is 5.92 Å². The van der Waals surface area contributed by atoms with Crippen LogP contribution in [0.25, 0.3) is 0 Å². The summed E-state index contributed by atoms with van der Waals surface area (Å²) in [7, 11) is 0.